The molecule has 3 nitrogen and oxygen atoms in total. The summed E-state index contributed by atoms with van der Waals surface area (Å²) in [5, 5.41) is 3.96. The largest absolute Gasteiger partial charge is 0.376 e. The molecule has 1 unspecified atom stereocenters. The third kappa shape index (κ3) is 3.37. The van der Waals surface area contributed by atoms with Gasteiger partial charge in [-0.05, 0) is 31.5 Å². The molecular formula is C12H18ClNO2. The van der Waals surface area contributed by atoms with Crippen molar-refractivity contribution in [2.45, 2.75) is 26.2 Å². The number of hydrogen-bond acceptors (Lipinski definition) is 3. The summed E-state index contributed by atoms with van der Waals surface area (Å²) in [7, 11) is 3.23. The van der Waals surface area contributed by atoms with E-state index in [0.29, 0.717) is 5.02 Å². The molecule has 0 aliphatic heterocycles. The molecule has 0 saturated carbocycles. The Kier molecular flexibility index (Phi) is 5.06. The molecule has 0 saturated heterocycles. The lowest BCUT2D eigenvalue weighted by atomic mass is 10.2. The van der Waals surface area contributed by atoms with Crippen LogP contribution in [0, 0.1) is 6.92 Å². The van der Waals surface area contributed by atoms with Gasteiger partial charge in [0.1, 0.15) is 0 Å². The predicted octanol–water partition coefficient (Wildman–Crippen LogP) is 3.07. The molecule has 0 fully saturated rings. The maximum atomic E-state index is 6.12. The highest BCUT2D eigenvalue weighted by molar-refractivity contribution is 6.33. The van der Waals surface area contributed by atoms with Crippen LogP contribution in [0.25, 0.3) is 0 Å². The zero-order valence-corrected chi connectivity index (χ0v) is 10.8. The minimum Gasteiger partial charge on any atom is -0.376 e. The lowest BCUT2D eigenvalue weighted by Gasteiger charge is -2.23. The van der Waals surface area contributed by atoms with Crippen LogP contribution in [-0.4, -0.2) is 26.6 Å². The molecule has 1 atom stereocenters. The van der Waals surface area contributed by atoms with E-state index in [4.69, 9.17) is 21.1 Å². The van der Waals surface area contributed by atoms with Crippen molar-refractivity contribution in [2.24, 2.45) is 0 Å². The van der Waals surface area contributed by atoms with E-state index in [2.05, 4.69) is 5.32 Å². The molecule has 0 aliphatic rings. The molecule has 0 spiro atoms. The molecular weight excluding hydrogens is 226 g/mol. The Morgan fingerprint density at radius 1 is 1.25 bits per heavy atom. The second kappa shape index (κ2) is 6.09. The average Bonchev–Trinajstić information content (AvgIpc) is 2.24. The summed E-state index contributed by atoms with van der Waals surface area (Å²) < 4.78 is 10.3. The summed E-state index contributed by atoms with van der Waals surface area (Å²) in [5.41, 5.74) is 2.03. The molecule has 0 amide bonds. The van der Waals surface area contributed by atoms with E-state index >= 15 is 0 Å². The van der Waals surface area contributed by atoms with Crippen LogP contribution < -0.4 is 5.32 Å². The zero-order chi connectivity index (χ0) is 12.1. The van der Waals surface area contributed by atoms with Crippen LogP contribution >= 0.6 is 11.6 Å². The second-order valence-corrected chi connectivity index (χ2v) is 4.16. The fourth-order valence-electron chi connectivity index (χ4n) is 1.55. The molecule has 1 aromatic carbocycles. The highest BCUT2D eigenvalue weighted by atomic mass is 35.5. The van der Waals surface area contributed by atoms with E-state index in [9.17, 15) is 0 Å². The van der Waals surface area contributed by atoms with Crippen molar-refractivity contribution < 1.29 is 9.47 Å². The van der Waals surface area contributed by atoms with E-state index in [-0.39, 0.29) is 12.3 Å². The third-order valence-electron chi connectivity index (χ3n) is 2.38. The molecule has 16 heavy (non-hydrogen) atoms. The Morgan fingerprint density at radius 2 is 1.88 bits per heavy atom. The number of halogens is 1. The van der Waals surface area contributed by atoms with Crippen molar-refractivity contribution in [3.05, 3.63) is 28.8 Å². The van der Waals surface area contributed by atoms with Crippen molar-refractivity contribution in [2.75, 3.05) is 19.5 Å². The maximum absolute atomic E-state index is 6.12. The fraction of sp³-hybridized carbons (Fsp3) is 0.500. The molecule has 0 radical (unpaired) electrons. The normalized spacial score (nSPS) is 12.9. The van der Waals surface area contributed by atoms with Gasteiger partial charge in [0.25, 0.3) is 0 Å². The van der Waals surface area contributed by atoms with Crippen LogP contribution in [-0.2, 0) is 9.47 Å². The SMILES string of the molecule is COC(OC)C(C)Nc1ccc(C)cc1Cl. The molecule has 0 bridgehead atoms. The minimum atomic E-state index is -0.294. The number of benzene rings is 1. The molecule has 4 heteroatoms. The van der Waals surface area contributed by atoms with E-state index in [1.165, 1.54) is 0 Å². The lowest BCUT2D eigenvalue weighted by molar-refractivity contribution is -0.109. The molecule has 0 aliphatic carbocycles. The van der Waals surface area contributed by atoms with Gasteiger partial charge in [-0.15, -0.1) is 0 Å². The summed E-state index contributed by atoms with van der Waals surface area (Å²) in [6.07, 6.45) is -0.294. The van der Waals surface area contributed by atoms with Crippen molar-refractivity contribution >= 4 is 17.3 Å². The van der Waals surface area contributed by atoms with Crippen LogP contribution in [0.15, 0.2) is 18.2 Å². The molecule has 1 N–H and O–H groups in total. The first kappa shape index (κ1) is 13.3. The molecule has 1 aromatic rings. The number of rotatable bonds is 5. The van der Waals surface area contributed by atoms with E-state index in [1.807, 2.05) is 32.0 Å². The van der Waals surface area contributed by atoms with Crippen molar-refractivity contribution in [3.63, 3.8) is 0 Å². The van der Waals surface area contributed by atoms with Gasteiger partial charge in [0.15, 0.2) is 6.29 Å². The summed E-state index contributed by atoms with van der Waals surface area (Å²) >= 11 is 6.12. The number of methoxy groups -OCH3 is 2. The van der Waals surface area contributed by atoms with E-state index in [1.54, 1.807) is 14.2 Å². The number of nitrogens with one attached hydrogen (secondary N) is 1. The number of aryl methyl sites for hydroxylation is 1. The van der Waals surface area contributed by atoms with Crippen molar-refractivity contribution in [1.29, 1.82) is 0 Å². The Hall–Kier alpha value is -0.770. The monoisotopic (exact) mass is 243 g/mol. The Bertz CT molecular complexity index is 340. The van der Waals surface area contributed by atoms with Gasteiger partial charge in [-0.3, -0.25) is 0 Å². The first-order chi connectivity index (χ1) is 7.58. The van der Waals surface area contributed by atoms with Crippen molar-refractivity contribution in [3.8, 4) is 0 Å². The predicted molar refractivity (Wildman–Crippen MR) is 67.1 cm³/mol. The molecule has 90 valence electrons. The van der Waals surface area contributed by atoms with Gasteiger partial charge in [0.2, 0.25) is 0 Å². The van der Waals surface area contributed by atoms with Gasteiger partial charge in [-0.2, -0.15) is 0 Å². The first-order valence-corrected chi connectivity index (χ1v) is 5.54. The van der Waals surface area contributed by atoms with Gasteiger partial charge in [-0.25, -0.2) is 0 Å². The Balaban J connectivity index is 2.72. The van der Waals surface area contributed by atoms with E-state index in [0.717, 1.165) is 11.3 Å². The summed E-state index contributed by atoms with van der Waals surface area (Å²) in [6.45, 7) is 3.99. The van der Waals surface area contributed by atoms with Gasteiger partial charge >= 0.3 is 0 Å². The Morgan fingerprint density at radius 3 is 2.38 bits per heavy atom. The van der Waals surface area contributed by atoms with Crippen LogP contribution in [0.4, 0.5) is 5.69 Å². The van der Waals surface area contributed by atoms with Gasteiger partial charge in [0, 0.05) is 14.2 Å². The van der Waals surface area contributed by atoms with Gasteiger partial charge < -0.3 is 14.8 Å². The fourth-order valence-corrected chi connectivity index (χ4v) is 1.84. The molecule has 0 heterocycles. The summed E-state index contributed by atoms with van der Waals surface area (Å²) in [5.74, 6) is 0. The van der Waals surface area contributed by atoms with Gasteiger partial charge in [0.05, 0.1) is 16.8 Å². The second-order valence-electron chi connectivity index (χ2n) is 3.76. The molecule has 0 aromatic heterocycles. The standard InChI is InChI=1S/C12H18ClNO2/c1-8-5-6-11(10(13)7-8)14-9(2)12(15-3)16-4/h5-7,9,12,14H,1-4H3. The van der Waals surface area contributed by atoms with Crippen LogP contribution in [0.1, 0.15) is 12.5 Å². The maximum Gasteiger partial charge on any atom is 0.176 e. The van der Waals surface area contributed by atoms with Crippen LogP contribution in [0.5, 0.6) is 0 Å². The van der Waals surface area contributed by atoms with Crippen LogP contribution in [0.3, 0.4) is 0 Å². The lowest BCUT2D eigenvalue weighted by Crippen LogP contribution is -2.33. The summed E-state index contributed by atoms with van der Waals surface area (Å²) in [6, 6.07) is 5.91. The average molecular weight is 244 g/mol. The number of anilines is 1. The Labute approximate surface area is 102 Å². The van der Waals surface area contributed by atoms with Crippen LogP contribution in [0.2, 0.25) is 5.02 Å². The number of hydrogen-bond donors (Lipinski definition) is 1. The zero-order valence-electron chi connectivity index (χ0n) is 10.1. The van der Waals surface area contributed by atoms with Gasteiger partial charge in [-0.1, -0.05) is 17.7 Å². The minimum absolute atomic E-state index is 0.0233. The third-order valence-corrected chi connectivity index (χ3v) is 2.69. The quantitative estimate of drug-likeness (QED) is 0.807. The first-order valence-electron chi connectivity index (χ1n) is 5.16. The number of ether oxygens (including phenoxy) is 2. The van der Waals surface area contributed by atoms with Crippen molar-refractivity contribution in [1.82, 2.24) is 0 Å². The highest BCUT2D eigenvalue weighted by Gasteiger charge is 2.16. The smallest absolute Gasteiger partial charge is 0.176 e. The topological polar surface area (TPSA) is 30.5 Å². The molecule has 1 rings (SSSR count). The van der Waals surface area contributed by atoms with E-state index < -0.39 is 0 Å². The highest BCUT2D eigenvalue weighted by Crippen LogP contribution is 2.24. The summed E-state index contributed by atoms with van der Waals surface area (Å²) in [4.78, 5) is 0.